The third-order valence-corrected chi connectivity index (χ3v) is 2.69. The predicted octanol–water partition coefficient (Wildman–Crippen LogP) is 1.89. The molecule has 96 valence electrons. The summed E-state index contributed by atoms with van der Waals surface area (Å²) < 4.78 is 5.04. The second-order valence-corrected chi connectivity index (χ2v) is 4.26. The quantitative estimate of drug-likeness (QED) is 0.616. The van der Waals surface area contributed by atoms with Gasteiger partial charge in [0, 0.05) is 13.2 Å². The number of benzene rings is 1. The first-order chi connectivity index (χ1) is 8.51. The van der Waals surface area contributed by atoms with Gasteiger partial charge in [-0.2, -0.15) is 0 Å². The molecule has 0 fully saturated rings. The van der Waals surface area contributed by atoms with Crippen molar-refractivity contribution in [2.75, 3.05) is 13.7 Å². The highest BCUT2D eigenvalue weighted by Crippen LogP contribution is 2.22. The number of methoxy groups -OCH3 is 1. The monoisotopic (exact) mass is 248 g/mol. The number of carboxylic acids is 1. The van der Waals surface area contributed by atoms with Crippen LogP contribution in [0.15, 0.2) is 30.3 Å². The third-order valence-electron chi connectivity index (χ3n) is 2.69. The van der Waals surface area contributed by atoms with Crippen LogP contribution in [0.2, 0.25) is 0 Å². The number of hydrogen-bond acceptors (Lipinski definition) is 3. The number of carbonyl (C=O) groups excluding carboxylic acids is 1. The molecule has 18 heavy (non-hydrogen) atoms. The lowest BCUT2D eigenvalue weighted by Crippen LogP contribution is -2.29. The largest absolute Gasteiger partial charge is 0.478 e. The smallest absolute Gasteiger partial charge is 0.328 e. The summed E-state index contributed by atoms with van der Waals surface area (Å²) in [4.78, 5) is 21.5. The first-order valence-electron chi connectivity index (χ1n) is 5.48. The molecule has 4 heteroatoms. The zero-order chi connectivity index (χ0) is 13.6. The summed E-state index contributed by atoms with van der Waals surface area (Å²) in [5, 5.41) is 8.52. The molecule has 0 amide bonds. The molecule has 0 bridgehead atoms. The van der Waals surface area contributed by atoms with Crippen molar-refractivity contribution in [1.29, 1.82) is 0 Å². The molecule has 1 atom stereocenters. The normalized spacial score (nSPS) is 14.3. The zero-order valence-electron chi connectivity index (χ0n) is 10.4. The van der Waals surface area contributed by atoms with E-state index in [-0.39, 0.29) is 0 Å². The molecule has 0 saturated carbocycles. The van der Waals surface area contributed by atoms with Gasteiger partial charge < -0.3 is 14.6 Å². The van der Waals surface area contributed by atoms with Crippen molar-refractivity contribution in [2.45, 2.75) is 12.3 Å². The summed E-state index contributed by atoms with van der Waals surface area (Å²) in [6.07, 6.45) is 3.43. The molecule has 1 unspecified atom stereocenters. The van der Waals surface area contributed by atoms with Crippen LogP contribution in [-0.2, 0) is 19.7 Å². The van der Waals surface area contributed by atoms with Gasteiger partial charge in [0.05, 0.1) is 12.0 Å². The van der Waals surface area contributed by atoms with E-state index in [4.69, 9.17) is 9.84 Å². The molecular weight excluding hydrogens is 232 g/mol. The average molecular weight is 248 g/mol. The van der Waals surface area contributed by atoms with E-state index < -0.39 is 11.4 Å². The maximum absolute atomic E-state index is 11.1. The highest BCUT2D eigenvalue weighted by Gasteiger charge is 2.25. The highest BCUT2D eigenvalue weighted by atomic mass is 16.5. The fraction of sp³-hybridized carbons (Fsp3) is 0.286. The minimum atomic E-state index is -0.990. The second kappa shape index (κ2) is 6.12. The van der Waals surface area contributed by atoms with Crippen LogP contribution in [-0.4, -0.2) is 31.1 Å². The van der Waals surface area contributed by atoms with Crippen LogP contribution in [0.4, 0.5) is 0 Å². The molecule has 1 rings (SSSR count). The maximum Gasteiger partial charge on any atom is 0.328 e. The van der Waals surface area contributed by atoms with Gasteiger partial charge in [0.1, 0.15) is 6.29 Å². The predicted molar refractivity (Wildman–Crippen MR) is 68.4 cm³/mol. The standard InChI is InChI=1S/C14H16O4/c1-14(9-15,10-18-2)12-6-3-11(4-7-12)5-8-13(16)17/h3-9H,10H2,1-2H3,(H,16,17)/b8-5+. The van der Waals surface area contributed by atoms with Gasteiger partial charge in [0.15, 0.2) is 0 Å². The molecule has 0 aliphatic rings. The maximum atomic E-state index is 11.1. The van der Waals surface area contributed by atoms with Crippen LogP contribution >= 0.6 is 0 Å². The fourth-order valence-electron chi connectivity index (χ4n) is 1.63. The molecule has 1 aromatic rings. The SMILES string of the molecule is COCC(C)(C=O)c1ccc(/C=C/C(=O)O)cc1. The number of hydrogen-bond donors (Lipinski definition) is 1. The van der Waals surface area contributed by atoms with Crippen LogP contribution in [0.25, 0.3) is 6.08 Å². The Morgan fingerprint density at radius 2 is 2.00 bits per heavy atom. The Hall–Kier alpha value is -1.94. The van der Waals surface area contributed by atoms with Gasteiger partial charge in [-0.15, -0.1) is 0 Å². The van der Waals surface area contributed by atoms with Crippen LogP contribution in [0.1, 0.15) is 18.1 Å². The Morgan fingerprint density at radius 3 is 2.44 bits per heavy atom. The summed E-state index contributed by atoms with van der Waals surface area (Å²) in [6.45, 7) is 2.10. The summed E-state index contributed by atoms with van der Waals surface area (Å²) in [5.41, 5.74) is 0.933. The summed E-state index contributed by atoms with van der Waals surface area (Å²) in [7, 11) is 1.55. The van der Waals surface area contributed by atoms with Crippen molar-refractivity contribution in [3.63, 3.8) is 0 Å². The summed E-state index contributed by atoms with van der Waals surface area (Å²) in [6, 6.07) is 7.14. The van der Waals surface area contributed by atoms with Gasteiger partial charge in [-0.1, -0.05) is 24.3 Å². The average Bonchev–Trinajstić information content (AvgIpc) is 2.37. The topological polar surface area (TPSA) is 63.6 Å². The molecule has 1 N–H and O–H groups in total. The Labute approximate surface area is 106 Å². The van der Waals surface area contributed by atoms with E-state index in [9.17, 15) is 9.59 Å². The minimum absolute atomic E-state index is 0.306. The van der Waals surface area contributed by atoms with E-state index in [1.165, 1.54) is 6.08 Å². The minimum Gasteiger partial charge on any atom is -0.478 e. The van der Waals surface area contributed by atoms with Crippen LogP contribution in [0.5, 0.6) is 0 Å². The Bertz CT molecular complexity index is 447. The number of aliphatic carboxylic acids is 1. The van der Waals surface area contributed by atoms with Gasteiger partial charge in [0.25, 0.3) is 0 Å². The Morgan fingerprint density at radius 1 is 1.39 bits per heavy atom. The molecule has 0 spiro atoms. The fourth-order valence-corrected chi connectivity index (χ4v) is 1.63. The number of carboxylic acid groups (broad SMARTS) is 1. The second-order valence-electron chi connectivity index (χ2n) is 4.26. The Kier molecular flexibility index (Phi) is 4.80. The number of aldehydes is 1. The lowest BCUT2D eigenvalue weighted by Gasteiger charge is -2.22. The van der Waals surface area contributed by atoms with Gasteiger partial charge in [-0.25, -0.2) is 4.79 Å². The molecule has 1 aromatic carbocycles. The first kappa shape index (κ1) is 14.1. The van der Waals surface area contributed by atoms with Crippen LogP contribution < -0.4 is 0 Å². The third kappa shape index (κ3) is 3.53. The highest BCUT2D eigenvalue weighted by molar-refractivity contribution is 5.85. The molecule has 4 nitrogen and oxygen atoms in total. The number of ether oxygens (including phenoxy) is 1. The van der Waals surface area contributed by atoms with E-state index in [1.54, 1.807) is 38.3 Å². The van der Waals surface area contributed by atoms with Gasteiger partial charge in [-0.3, -0.25) is 0 Å². The summed E-state index contributed by atoms with van der Waals surface area (Å²) >= 11 is 0. The number of carbonyl (C=O) groups is 2. The molecule has 0 radical (unpaired) electrons. The van der Waals surface area contributed by atoms with Gasteiger partial charge >= 0.3 is 5.97 Å². The van der Waals surface area contributed by atoms with E-state index in [1.807, 2.05) is 0 Å². The summed E-state index contributed by atoms with van der Waals surface area (Å²) in [5.74, 6) is -0.990. The van der Waals surface area contributed by atoms with E-state index >= 15 is 0 Å². The molecule has 0 aliphatic heterocycles. The van der Waals surface area contributed by atoms with Crippen LogP contribution in [0, 0.1) is 0 Å². The van der Waals surface area contributed by atoms with E-state index in [0.717, 1.165) is 23.5 Å². The molecule has 0 aliphatic carbocycles. The van der Waals surface area contributed by atoms with Crippen molar-refractivity contribution in [2.24, 2.45) is 0 Å². The van der Waals surface area contributed by atoms with Crippen LogP contribution in [0.3, 0.4) is 0 Å². The van der Waals surface area contributed by atoms with Gasteiger partial charge in [-0.05, 0) is 24.1 Å². The van der Waals surface area contributed by atoms with E-state index in [2.05, 4.69) is 0 Å². The van der Waals surface area contributed by atoms with Crippen molar-refractivity contribution < 1.29 is 19.4 Å². The van der Waals surface area contributed by atoms with Gasteiger partial charge in [0.2, 0.25) is 0 Å². The Balaban J connectivity index is 2.94. The van der Waals surface area contributed by atoms with Crippen molar-refractivity contribution in [3.05, 3.63) is 41.5 Å². The molecule has 0 aromatic heterocycles. The molecule has 0 saturated heterocycles. The number of rotatable bonds is 6. The first-order valence-corrected chi connectivity index (χ1v) is 5.48. The molecular formula is C14H16O4. The van der Waals surface area contributed by atoms with Crippen molar-refractivity contribution in [1.82, 2.24) is 0 Å². The lowest BCUT2D eigenvalue weighted by molar-refractivity contribution is -0.131. The zero-order valence-corrected chi connectivity index (χ0v) is 10.4. The molecule has 0 heterocycles. The lowest BCUT2D eigenvalue weighted by atomic mass is 9.84. The van der Waals surface area contributed by atoms with E-state index in [0.29, 0.717) is 6.61 Å². The van der Waals surface area contributed by atoms with Crippen molar-refractivity contribution in [3.8, 4) is 0 Å². The van der Waals surface area contributed by atoms with Crippen molar-refractivity contribution >= 4 is 18.3 Å².